The van der Waals surface area contributed by atoms with Crippen LogP contribution in [0, 0.1) is 0 Å². The number of ether oxygens (including phenoxy) is 2. The molecule has 2 unspecified atom stereocenters. The van der Waals surface area contributed by atoms with Gasteiger partial charge in [0.1, 0.15) is 19.8 Å². The molecule has 9 nitrogen and oxygen atoms in total. The number of likely N-dealkylation sites (N-methyl/N-ethyl adjacent to an activating group) is 1. The van der Waals surface area contributed by atoms with Crippen molar-refractivity contribution in [3.05, 3.63) is 158 Å². The highest BCUT2D eigenvalue weighted by atomic mass is 31.2. The van der Waals surface area contributed by atoms with Crippen LogP contribution in [0.3, 0.4) is 0 Å². The Morgan fingerprint density at radius 2 is 0.794 bits per heavy atom. The Morgan fingerprint density at radius 1 is 0.456 bits per heavy atom. The molecule has 2 atom stereocenters. The third-order valence-electron chi connectivity index (χ3n) is 9.54. The summed E-state index contributed by atoms with van der Waals surface area (Å²) in [5.41, 5.74) is 0. The molecule has 0 radical (unpaired) electrons. The number of esters is 2. The average molecular weight is 960 g/mol. The van der Waals surface area contributed by atoms with Crippen molar-refractivity contribution >= 4 is 19.8 Å². The number of phosphoric ester groups is 1. The van der Waals surface area contributed by atoms with Crippen LogP contribution in [0.5, 0.6) is 0 Å². The Hall–Kier alpha value is -4.37. The molecule has 0 bridgehead atoms. The zero-order chi connectivity index (χ0) is 49.9. The molecule has 0 spiro atoms. The lowest BCUT2D eigenvalue weighted by atomic mass is 10.2. The van der Waals surface area contributed by atoms with Gasteiger partial charge in [-0.15, -0.1) is 0 Å². The lowest BCUT2D eigenvalue weighted by Gasteiger charge is -2.28. The largest absolute Gasteiger partial charge is 0.756 e. The smallest absolute Gasteiger partial charge is 0.306 e. The van der Waals surface area contributed by atoms with Crippen LogP contribution < -0.4 is 4.89 Å². The number of hydrogen-bond acceptors (Lipinski definition) is 8. The topological polar surface area (TPSA) is 111 Å². The summed E-state index contributed by atoms with van der Waals surface area (Å²) in [4.78, 5) is 37.6. The number of hydrogen-bond donors (Lipinski definition) is 0. The molecule has 380 valence electrons. The zero-order valence-electron chi connectivity index (χ0n) is 42.7. The van der Waals surface area contributed by atoms with Crippen LogP contribution in [-0.4, -0.2) is 70.0 Å². The summed E-state index contributed by atoms with van der Waals surface area (Å²) in [5, 5.41) is 0. The van der Waals surface area contributed by atoms with E-state index in [4.69, 9.17) is 18.5 Å². The first-order chi connectivity index (χ1) is 33.0. The van der Waals surface area contributed by atoms with Crippen molar-refractivity contribution in [3.63, 3.8) is 0 Å². The molecule has 68 heavy (non-hydrogen) atoms. The summed E-state index contributed by atoms with van der Waals surface area (Å²) in [6, 6.07) is 0. The van der Waals surface area contributed by atoms with E-state index in [1.807, 2.05) is 27.2 Å². The van der Waals surface area contributed by atoms with Gasteiger partial charge < -0.3 is 27.9 Å². The van der Waals surface area contributed by atoms with Gasteiger partial charge in [0.25, 0.3) is 7.82 Å². The number of quaternary nitrogens is 1. The Labute approximate surface area is 414 Å². The van der Waals surface area contributed by atoms with Crippen LogP contribution in [-0.2, 0) is 32.7 Å². The zero-order valence-corrected chi connectivity index (χ0v) is 43.6. The third kappa shape index (κ3) is 51.0. The van der Waals surface area contributed by atoms with Crippen molar-refractivity contribution < 1.29 is 42.1 Å². The molecular formula is C58H90NO8P. The van der Waals surface area contributed by atoms with Gasteiger partial charge in [-0.1, -0.05) is 172 Å². The number of nitrogens with zero attached hydrogens (tertiary/aromatic N) is 1. The second-order valence-corrected chi connectivity index (χ2v) is 18.5. The monoisotopic (exact) mass is 960 g/mol. The summed E-state index contributed by atoms with van der Waals surface area (Å²) in [5.74, 6) is -0.972. The molecule has 0 rings (SSSR count). The van der Waals surface area contributed by atoms with Gasteiger partial charge in [-0.3, -0.25) is 14.2 Å². The number of unbranched alkanes of at least 4 members (excludes halogenated alkanes) is 3. The summed E-state index contributed by atoms with van der Waals surface area (Å²) in [6.45, 7) is 3.84. The summed E-state index contributed by atoms with van der Waals surface area (Å²) in [6.07, 6.45) is 71.5. The first kappa shape index (κ1) is 63.6. The SMILES string of the molecule is CC/C=C\C/C=C\C/C=C\C/C=C\C/C=C\C/C=C\C/C=C\C/C=C\C/C=C\CCCC(=O)OC(COC(=O)CCCC/C=C\C/C=C\C/C=C\C/C=C\CC)COP(=O)([O-])OCC[N+](C)(C)C. The predicted octanol–water partition coefficient (Wildman–Crippen LogP) is 14.7. The van der Waals surface area contributed by atoms with Crippen molar-refractivity contribution in [3.8, 4) is 0 Å². The molecule has 0 saturated heterocycles. The van der Waals surface area contributed by atoms with Crippen LogP contribution in [0.2, 0.25) is 0 Å². The van der Waals surface area contributed by atoms with Crippen molar-refractivity contribution in [2.24, 2.45) is 0 Å². The molecular weight excluding hydrogens is 870 g/mol. The van der Waals surface area contributed by atoms with Gasteiger partial charge in [0, 0.05) is 12.8 Å². The number of phosphoric acid groups is 1. The summed E-state index contributed by atoms with van der Waals surface area (Å²) >= 11 is 0. The first-order valence-corrected chi connectivity index (χ1v) is 26.7. The molecule has 0 aliphatic rings. The molecule has 0 amide bonds. The maximum Gasteiger partial charge on any atom is 0.306 e. The van der Waals surface area contributed by atoms with Gasteiger partial charge in [-0.2, -0.15) is 0 Å². The second kappa shape index (κ2) is 47.7. The molecule has 0 aromatic heterocycles. The van der Waals surface area contributed by atoms with Crippen molar-refractivity contribution in [1.29, 1.82) is 0 Å². The minimum absolute atomic E-state index is 0.0588. The fourth-order valence-electron chi connectivity index (χ4n) is 5.70. The van der Waals surface area contributed by atoms with E-state index < -0.39 is 32.5 Å². The van der Waals surface area contributed by atoms with Gasteiger partial charge >= 0.3 is 11.9 Å². The van der Waals surface area contributed by atoms with Crippen LogP contribution in [0.1, 0.15) is 142 Å². The van der Waals surface area contributed by atoms with Crippen molar-refractivity contribution in [1.82, 2.24) is 0 Å². The number of allylic oxidation sites excluding steroid dienone is 26. The fourth-order valence-corrected chi connectivity index (χ4v) is 6.43. The second-order valence-electron chi connectivity index (χ2n) is 17.1. The molecule has 0 aromatic rings. The van der Waals surface area contributed by atoms with E-state index in [9.17, 15) is 19.0 Å². The Kier molecular flexibility index (Phi) is 44.6. The Bertz CT molecular complexity index is 1700. The fraction of sp³-hybridized carbons (Fsp3) is 0.517. The van der Waals surface area contributed by atoms with E-state index in [0.717, 1.165) is 96.3 Å². The van der Waals surface area contributed by atoms with E-state index >= 15 is 0 Å². The molecule has 0 fully saturated rings. The predicted molar refractivity (Wildman–Crippen MR) is 286 cm³/mol. The van der Waals surface area contributed by atoms with Gasteiger partial charge in [0.2, 0.25) is 0 Å². The van der Waals surface area contributed by atoms with Gasteiger partial charge in [-0.05, 0) is 116 Å². The lowest BCUT2D eigenvalue weighted by molar-refractivity contribution is -0.870. The molecule has 0 aromatic carbocycles. The minimum Gasteiger partial charge on any atom is -0.756 e. The van der Waals surface area contributed by atoms with Crippen LogP contribution >= 0.6 is 7.82 Å². The lowest BCUT2D eigenvalue weighted by Crippen LogP contribution is -2.37. The molecule has 0 saturated carbocycles. The summed E-state index contributed by atoms with van der Waals surface area (Å²) < 4.78 is 33.9. The molecule has 0 heterocycles. The van der Waals surface area contributed by atoms with Gasteiger partial charge in [0.15, 0.2) is 6.10 Å². The maximum atomic E-state index is 12.7. The van der Waals surface area contributed by atoms with Crippen LogP contribution in [0.4, 0.5) is 0 Å². The normalized spacial score (nSPS) is 14.7. The first-order valence-electron chi connectivity index (χ1n) is 25.2. The van der Waals surface area contributed by atoms with Crippen LogP contribution in [0.15, 0.2) is 158 Å². The average Bonchev–Trinajstić information content (AvgIpc) is 3.30. The van der Waals surface area contributed by atoms with Gasteiger partial charge in [-0.25, -0.2) is 0 Å². The number of rotatable bonds is 43. The Morgan fingerprint density at radius 3 is 1.16 bits per heavy atom. The molecule has 0 aliphatic heterocycles. The van der Waals surface area contributed by atoms with E-state index in [1.165, 1.54) is 0 Å². The Balaban J connectivity index is 4.45. The number of carbonyl (C=O) groups excluding carboxylic acids is 2. The highest BCUT2D eigenvalue weighted by molar-refractivity contribution is 7.45. The van der Waals surface area contributed by atoms with E-state index in [-0.39, 0.29) is 26.1 Å². The van der Waals surface area contributed by atoms with Gasteiger partial charge in [0.05, 0.1) is 27.7 Å². The van der Waals surface area contributed by atoms with E-state index in [2.05, 4.69) is 166 Å². The minimum atomic E-state index is -4.67. The van der Waals surface area contributed by atoms with Crippen LogP contribution in [0.25, 0.3) is 0 Å². The molecule has 0 aliphatic carbocycles. The highest BCUT2D eigenvalue weighted by Gasteiger charge is 2.21. The summed E-state index contributed by atoms with van der Waals surface area (Å²) in [7, 11) is 1.07. The molecule has 0 N–H and O–H groups in total. The van der Waals surface area contributed by atoms with Crippen molar-refractivity contribution in [2.45, 2.75) is 148 Å². The highest BCUT2D eigenvalue weighted by Crippen LogP contribution is 2.38. The maximum absolute atomic E-state index is 12.7. The number of carbonyl (C=O) groups is 2. The molecule has 10 heteroatoms. The standard InChI is InChI=1S/C58H90NO8P/c1-6-8-10-12-14-16-18-20-22-23-24-25-26-27-28-29-30-31-32-33-34-35-37-39-41-43-45-47-49-51-58(61)67-56(55-66-68(62,63)65-53-52-59(3,4)5)54-64-57(60)50-48-46-44-42-40-38-36-21-19-17-15-13-11-9-7-2/h8-11,14-17,20-22,24-25,27-28,30-31,33-34,36-37,39-40,42-43,45,56H,6-7,12-13,18-19,23,26,29,32,35,38,41,44,46-55H2,1-5H3/b10-8-,11-9-,16-14-,17-15-,22-20-,25-24-,28-27-,31-30-,34-33-,36-21-,39-37-,42-40-,45-43-. The van der Waals surface area contributed by atoms with E-state index in [0.29, 0.717) is 30.3 Å². The third-order valence-corrected chi connectivity index (χ3v) is 10.5. The quantitative estimate of drug-likeness (QED) is 0.0195. The van der Waals surface area contributed by atoms with Crippen molar-refractivity contribution in [2.75, 3.05) is 47.5 Å². The van der Waals surface area contributed by atoms with E-state index in [1.54, 1.807) is 0 Å².